The molecule has 0 fully saturated rings. The Morgan fingerprint density at radius 2 is 2.08 bits per heavy atom. The Hall–Kier alpha value is -2.74. The lowest BCUT2D eigenvalue weighted by Gasteiger charge is -2.04. The summed E-state index contributed by atoms with van der Waals surface area (Å²) in [6.07, 6.45) is 0. The molecule has 6 nitrogen and oxygen atoms in total. The lowest BCUT2D eigenvalue weighted by molar-refractivity contribution is 0.0424. The number of nitrogens with zero attached hydrogens (tertiary/aromatic N) is 2. The second-order valence-corrected chi connectivity index (χ2v) is 5.83. The minimum Gasteiger partial charge on any atom is -0.496 e. The van der Waals surface area contributed by atoms with Crippen molar-refractivity contribution < 1.29 is 23.2 Å². The second-order valence-electron chi connectivity index (χ2n) is 4.91. The summed E-state index contributed by atoms with van der Waals surface area (Å²) in [6, 6.07) is 11.2. The van der Waals surface area contributed by atoms with Gasteiger partial charge in [0.15, 0.2) is 6.61 Å². The molecule has 2 aromatic carbocycles. The molecule has 0 saturated heterocycles. The number of carbonyl (C=O) groups is 1. The molecule has 0 atom stereocenters. The van der Waals surface area contributed by atoms with E-state index in [2.05, 4.69) is 26.1 Å². The van der Waals surface area contributed by atoms with Crippen molar-refractivity contribution in [3.63, 3.8) is 0 Å². The molecule has 3 rings (SSSR count). The number of ether oxygens (including phenoxy) is 2. The summed E-state index contributed by atoms with van der Waals surface area (Å²) >= 11 is 3.12. The minimum absolute atomic E-state index is 0.0896. The molecule has 128 valence electrons. The van der Waals surface area contributed by atoms with Crippen LogP contribution in [0.2, 0.25) is 0 Å². The summed E-state index contributed by atoms with van der Waals surface area (Å²) in [4.78, 5) is 16.1. The van der Waals surface area contributed by atoms with Gasteiger partial charge in [-0.2, -0.15) is 4.98 Å². The van der Waals surface area contributed by atoms with Gasteiger partial charge in [-0.05, 0) is 30.3 Å². The van der Waals surface area contributed by atoms with E-state index in [4.69, 9.17) is 14.0 Å². The fraction of sp³-hybridized carbons (Fsp3) is 0.118. The number of hydrogen-bond donors (Lipinski definition) is 0. The van der Waals surface area contributed by atoms with E-state index in [1.54, 1.807) is 18.2 Å². The minimum atomic E-state index is -0.818. The molecule has 25 heavy (non-hydrogen) atoms. The first-order valence-corrected chi connectivity index (χ1v) is 7.96. The zero-order valence-electron chi connectivity index (χ0n) is 13.0. The number of benzene rings is 2. The van der Waals surface area contributed by atoms with Crippen LogP contribution in [0, 0.1) is 5.82 Å². The topological polar surface area (TPSA) is 74.5 Å². The van der Waals surface area contributed by atoms with E-state index < -0.39 is 11.8 Å². The van der Waals surface area contributed by atoms with E-state index in [0.29, 0.717) is 21.6 Å². The predicted octanol–water partition coefficient (Wildman–Crippen LogP) is 4.00. The van der Waals surface area contributed by atoms with Crippen LogP contribution in [0.1, 0.15) is 16.2 Å². The third-order valence-corrected chi connectivity index (χ3v) is 3.79. The predicted molar refractivity (Wildman–Crippen MR) is 89.5 cm³/mol. The highest BCUT2D eigenvalue weighted by Crippen LogP contribution is 2.27. The average Bonchev–Trinajstić information content (AvgIpc) is 3.08. The van der Waals surface area contributed by atoms with E-state index in [9.17, 15) is 9.18 Å². The summed E-state index contributed by atoms with van der Waals surface area (Å²) in [6.45, 7) is -0.267. The summed E-state index contributed by atoms with van der Waals surface area (Å²) in [5.41, 5.74) is 0.470. The Kier molecular flexibility index (Phi) is 5.08. The maximum absolute atomic E-state index is 13.7. The van der Waals surface area contributed by atoms with E-state index in [-0.39, 0.29) is 18.1 Å². The van der Waals surface area contributed by atoms with Crippen LogP contribution in [0.3, 0.4) is 0 Å². The molecule has 0 spiro atoms. The van der Waals surface area contributed by atoms with Gasteiger partial charge >= 0.3 is 5.97 Å². The zero-order chi connectivity index (χ0) is 17.8. The Bertz CT molecular complexity index is 913. The summed E-state index contributed by atoms with van der Waals surface area (Å²) in [7, 11) is 1.54. The highest BCUT2D eigenvalue weighted by atomic mass is 79.9. The molecular formula is C17H12BrFN2O4. The quantitative estimate of drug-likeness (QED) is 0.596. The van der Waals surface area contributed by atoms with Crippen LogP contribution < -0.4 is 4.74 Å². The number of rotatable bonds is 5. The highest BCUT2D eigenvalue weighted by Gasteiger charge is 2.17. The lowest BCUT2D eigenvalue weighted by atomic mass is 10.2. The molecule has 0 unspecified atom stereocenters. The molecule has 1 aromatic heterocycles. The van der Waals surface area contributed by atoms with Gasteiger partial charge in [0, 0.05) is 4.47 Å². The van der Waals surface area contributed by atoms with Crippen molar-refractivity contribution in [3.8, 4) is 17.1 Å². The van der Waals surface area contributed by atoms with Crippen molar-refractivity contribution in [1.82, 2.24) is 10.1 Å². The molecule has 0 bridgehead atoms. The molecular weight excluding hydrogens is 395 g/mol. The molecule has 0 aliphatic carbocycles. The highest BCUT2D eigenvalue weighted by molar-refractivity contribution is 9.10. The Morgan fingerprint density at radius 1 is 1.28 bits per heavy atom. The molecule has 0 saturated carbocycles. The van der Waals surface area contributed by atoms with Gasteiger partial charge in [-0.25, -0.2) is 9.18 Å². The Balaban J connectivity index is 1.70. The van der Waals surface area contributed by atoms with Crippen LogP contribution >= 0.6 is 15.9 Å². The third-order valence-electron chi connectivity index (χ3n) is 3.29. The van der Waals surface area contributed by atoms with E-state index in [0.717, 1.165) is 0 Å². The number of methoxy groups -OCH3 is 1. The molecule has 3 aromatic rings. The number of para-hydroxylation sites is 1. The van der Waals surface area contributed by atoms with Crippen LogP contribution in [0.15, 0.2) is 51.5 Å². The average molecular weight is 407 g/mol. The Labute approximate surface area is 150 Å². The first kappa shape index (κ1) is 17.1. The first-order chi connectivity index (χ1) is 12.1. The zero-order valence-corrected chi connectivity index (χ0v) is 14.6. The number of carbonyl (C=O) groups excluding carboxylic acids is 1. The van der Waals surface area contributed by atoms with Gasteiger partial charge in [0.25, 0.3) is 5.89 Å². The van der Waals surface area contributed by atoms with Crippen LogP contribution in [-0.4, -0.2) is 23.2 Å². The fourth-order valence-electron chi connectivity index (χ4n) is 2.11. The van der Waals surface area contributed by atoms with Gasteiger partial charge in [-0.3, -0.25) is 0 Å². The van der Waals surface area contributed by atoms with E-state index in [1.807, 2.05) is 12.1 Å². The van der Waals surface area contributed by atoms with Crippen molar-refractivity contribution in [2.45, 2.75) is 6.61 Å². The van der Waals surface area contributed by atoms with Gasteiger partial charge in [-0.15, -0.1) is 0 Å². The Morgan fingerprint density at radius 3 is 2.84 bits per heavy atom. The van der Waals surface area contributed by atoms with Crippen molar-refractivity contribution >= 4 is 21.9 Å². The van der Waals surface area contributed by atoms with Crippen molar-refractivity contribution in [2.75, 3.05) is 7.11 Å². The molecule has 0 aliphatic rings. The van der Waals surface area contributed by atoms with Crippen molar-refractivity contribution in [1.29, 1.82) is 0 Å². The van der Waals surface area contributed by atoms with Crippen LogP contribution in [0.4, 0.5) is 4.39 Å². The van der Waals surface area contributed by atoms with Crippen molar-refractivity contribution in [3.05, 3.63) is 64.2 Å². The van der Waals surface area contributed by atoms with Gasteiger partial charge in [-0.1, -0.05) is 33.2 Å². The maximum Gasteiger partial charge on any atom is 0.341 e. The summed E-state index contributed by atoms with van der Waals surface area (Å²) in [5, 5.41) is 3.84. The largest absolute Gasteiger partial charge is 0.496 e. The SMILES string of the molecule is COc1ccccc1-c1noc(COC(=O)c2ccc(Br)cc2F)n1. The summed E-state index contributed by atoms with van der Waals surface area (Å²) in [5.74, 6) is -0.518. The van der Waals surface area contributed by atoms with Gasteiger partial charge in [0.1, 0.15) is 11.6 Å². The second kappa shape index (κ2) is 7.43. The van der Waals surface area contributed by atoms with E-state index in [1.165, 1.54) is 19.2 Å². The van der Waals surface area contributed by atoms with Crippen LogP contribution in [0.5, 0.6) is 5.75 Å². The first-order valence-electron chi connectivity index (χ1n) is 7.16. The van der Waals surface area contributed by atoms with Gasteiger partial charge in [0.05, 0.1) is 18.2 Å². The smallest absolute Gasteiger partial charge is 0.341 e. The molecule has 8 heteroatoms. The molecule has 0 N–H and O–H groups in total. The van der Waals surface area contributed by atoms with Crippen LogP contribution in [0.25, 0.3) is 11.4 Å². The third kappa shape index (κ3) is 3.85. The summed E-state index contributed by atoms with van der Waals surface area (Å²) < 4.78 is 29.6. The molecule has 1 heterocycles. The standard InChI is InChI=1S/C17H12BrFN2O4/c1-23-14-5-3-2-4-12(14)16-20-15(25-21-16)9-24-17(22)11-7-6-10(18)8-13(11)19/h2-8H,9H2,1H3. The van der Waals surface area contributed by atoms with Gasteiger partial charge < -0.3 is 14.0 Å². The number of aromatic nitrogens is 2. The fourth-order valence-corrected chi connectivity index (χ4v) is 2.45. The van der Waals surface area contributed by atoms with E-state index >= 15 is 0 Å². The number of esters is 1. The maximum atomic E-state index is 13.7. The molecule has 0 amide bonds. The number of hydrogen-bond acceptors (Lipinski definition) is 6. The van der Waals surface area contributed by atoms with Crippen LogP contribution in [-0.2, 0) is 11.3 Å². The lowest BCUT2D eigenvalue weighted by Crippen LogP contribution is -2.07. The molecule has 0 aliphatic heterocycles. The molecule has 0 radical (unpaired) electrons. The monoisotopic (exact) mass is 406 g/mol. The number of halogens is 2. The van der Waals surface area contributed by atoms with Gasteiger partial charge in [0.2, 0.25) is 5.82 Å². The van der Waals surface area contributed by atoms with Crippen molar-refractivity contribution in [2.24, 2.45) is 0 Å². The normalized spacial score (nSPS) is 10.5.